The van der Waals surface area contributed by atoms with Crippen LogP contribution in [0.25, 0.3) is 6.08 Å². The van der Waals surface area contributed by atoms with Crippen molar-refractivity contribution in [3.63, 3.8) is 0 Å². The third-order valence-corrected chi connectivity index (χ3v) is 4.53. The first kappa shape index (κ1) is 20.3. The number of hydrogen-bond donors (Lipinski definition) is 0. The number of esters is 1. The minimum absolute atomic E-state index is 0.0571. The standard InChI is InChI=1S/C21H17F3N2O3/c1-13-18(20(28)29-2)16(10-15-7-3-4-8-17(15)21(22,23)24)19(27)26(13)12-14-6-5-9-25-11-14/h3-11H,12H2,1-2H3/b16-10-. The minimum Gasteiger partial charge on any atom is -0.465 e. The molecule has 1 aromatic heterocycles. The van der Waals surface area contributed by atoms with Gasteiger partial charge < -0.3 is 9.64 Å². The van der Waals surface area contributed by atoms with Crippen molar-refractivity contribution in [2.45, 2.75) is 19.6 Å². The zero-order chi connectivity index (χ0) is 21.2. The molecule has 0 spiro atoms. The van der Waals surface area contributed by atoms with Crippen molar-refractivity contribution in [2.24, 2.45) is 0 Å². The predicted molar refractivity (Wildman–Crippen MR) is 98.9 cm³/mol. The van der Waals surface area contributed by atoms with Crippen LogP contribution in [-0.2, 0) is 27.0 Å². The number of ether oxygens (including phenoxy) is 1. The molecule has 0 N–H and O–H groups in total. The summed E-state index contributed by atoms with van der Waals surface area (Å²) in [4.78, 5) is 30.7. The molecule has 2 aromatic rings. The van der Waals surface area contributed by atoms with Gasteiger partial charge in [0.2, 0.25) is 0 Å². The average molecular weight is 402 g/mol. The highest BCUT2D eigenvalue weighted by molar-refractivity contribution is 6.16. The second-order valence-electron chi connectivity index (χ2n) is 6.35. The smallest absolute Gasteiger partial charge is 0.416 e. The van der Waals surface area contributed by atoms with Crippen molar-refractivity contribution >= 4 is 18.0 Å². The number of benzene rings is 1. The zero-order valence-electron chi connectivity index (χ0n) is 15.7. The van der Waals surface area contributed by atoms with Crippen molar-refractivity contribution in [3.8, 4) is 0 Å². The Labute approximate surface area is 165 Å². The van der Waals surface area contributed by atoms with Crippen LogP contribution in [0.15, 0.2) is 65.6 Å². The summed E-state index contributed by atoms with van der Waals surface area (Å²) >= 11 is 0. The summed E-state index contributed by atoms with van der Waals surface area (Å²) in [6.07, 6.45) is -0.366. The molecule has 8 heteroatoms. The molecular formula is C21H17F3N2O3. The molecular weight excluding hydrogens is 385 g/mol. The Balaban J connectivity index is 2.10. The lowest BCUT2D eigenvalue weighted by Gasteiger charge is -2.17. The SMILES string of the molecule is COC(=O)C1=C(C)N(Cc2cccnc2)C(=O)/C1=C\c1ccccc1C(F)(F)F. The van der Waals surface area contributed by atoms with Gasteiger partial charge in [-0.15, -0.1) is 0 Å². The van der Waals surface area contributed by atoms with Crippen LogP contribution in [0.4, 0.5) is 13.2 Å². The summed E-state index contributed by atoms with van der Waals surface area (Å²) in [6, 6.07) is 8.32. The topological polar surface area (TPSA) is 59.5 Å². The second-order valence-corrected chi connectivity index (χ2v) is 6.35. The highest BCUT2D eigenvalue weighted by Crippen LogP contribution is 2.36. The Morgan fingerprint density at radius 2 is 1.93 bits per heavy atom. The molecule has 1 aliphatic rings. The Morgan fingerprint density at radius 3 is 2.55 bits per heavy atom. The molecule has 150 valence electrons. The summed E-state index contributed by atoms with van der Waals surface area (Å²) in [5, 5.41) is 0. The van der Waals surface area contributed by atoms with Crippen molar-refractivity contribution in [3.05, 3.63) is 82.3 Å². The fourth-order valence-electron chi connectivity index (χ4n) is 3.13. The molecule has 0 fully saturated rings. The molecule has 1 aromatic carbocycles. The van der Waals surface area contributed by atoms with Gasteiger partial charge in [-0.05, 0) is 36.3 Å². The van der Waals surface area contributed by atoms with Gasteiger partial charge in [0.15, 0.2) is 0 Å². The number of halogens is 3. The highest BCUT2D eigenvalue weighted by Gasteiger charge is 2.38. The average Bonchev–Trinajstić information content (AvgIpc) is 2.92. The third-order valence-electron chi connectivity index (χ3n) is 4.53. The molecule has 5 nitrogen and oxygen atoms in total. The van der Waals surface area contributed by atoms with Crippen molar-refractivity contribution < 1.29 is 27.5 Å². The van der Waals surface area contributed by atoms with Crippen molar-refractivity contribution in [1.29, 1.82) is 0 Å². The van der Waals surface area contributed by atoms with Gasteiger partial charge in [-0.25, -0.2) is 4.79 Å². The third kappa shape index (κ3) is 4.06. The van der Waals surface area contributed by atoms with Crippen LogP contribution >= 0.6 is 0 Å². The number of rotatable bonds is 4. The first-order chi connectivity index (χ1) is 13.7. The molecule has 0 unspecified atom stereocenters. The van der Waals surface area contributed by atoms with Gasteiger partial charge in [-0.1, -0.05) is 24.3 Å². The van der Waals surface area contributed by atoms with E-state index in [4.69, 9.17) is 4.74 Å². The summed E-state index contributed by atoms with van der Waals surface area (Å²) < 4.78 is 44.8. The minimum atomic E-state index is -4.60. The van der Waals surface area contributed by atoms with E-state index >= 15 is 0 Å². The lowest BCUT2D eigenvalue weighted by molar-refractivity contribution is -0.138. The van der Waals surface area contributed by atoms with E-state index in [9.17, 15) is 22.8 Å². The first-order valence-corrected chi connectivity index (χ1v) is 8.62. The Morgan fingerprint density at radius 1 is 1.21 bits per heavy atom. The largest absolute Gasteiger partial charge is 0.465 e. The van der Waals surface area contributed by atoms with E-state index in [2.05, 4.69) is 4.98 Å². The van der Waals surface area contributed by atoms with Crippen molar-refractivity contribution in [2.75, 3.05) is 7.11 Å². The number of methoxy groups -OCH3 is 1. The van der Waals surface area contributed by atoms with E-state index in [1.54, 1.807) is 31.5 Å². The fourth-order valence-corrected chi connectivity index (χ4v) is 3.13. The predicted octanol–water partition coefficient (Wildman–Crippen LogP) is 3.97. The number of nitrogens with zero attached hydrogens (tertiary/aromatic N) is 2. The molecule has 0 aliphatic carbocycles. The molecule has 1 amide bonds. The number of alkyl halides is 3. The van der Waals surface area contributed by atoms with E-state index in [-0.39, 0.29) is 23.3 Å². The number of pyridine rings is 1. The van der Waals surface area contributed by atoms with E-state index in [0.717, 1.165) is 19.3 Å². The van der Waals surface area contributed by atoms with Gasteiger partial charge in [-0.2, -0.15) is 13.2 Å². The van der Waals surface area contributed by atoms with Crippen LogP contribution in [0.5, 0.6) is 0 Å². The Bertz CT molecular complexity index is 1010. The first-order valence-electron chi connectivity index (χ1n) is 8.62. The van der Waals surface area contributed by atoms with Crippen LogP contribution in [0.2, 0.25) is 0 Å². The number of amides is 1. The van der Waals surface area contributed by atoms with Gasteiger partial charge >= 0.3 is 12.1 Å². The molecule has 29 heavy (non-hydrogen) atoms. The van der Waals surface area contributed by atoms with E-state index in [1.807, 2.05) is 0 Å². The van der Waals surface area contributed by atoms with Crippen LogP contribution in [0.1, 0.15) is 23.6 Å². The van der Waals surface area contributed by atoms with Gasteiger partial charge in [0, 0.05) is 18.1 Å². The molecule has 0 saturated heterocycles. The van der Waals surface area contributed by atoms with Gasteiger partial charge in [0.1, 0.15) is 0 Å². The number of allylic oxidation sites excluding steroid dienone is 1. The Hall–Kier alpha value is -3.42. The summed E-state index contributed by atoms with van der Waals surface area (Å²) in [5.41, 5.74) is -0.287. The molecule has 3 rings (SSSR count). The maximum absolute atomic E-state index is 13.3. The fraction of sp³-hybridized carbons (Fsp3) is 0.190. The summed E-state index contributed by atoms with van der Waals surface area (Å²) in [7, 11) is 1.15. The van der Waals surface area contributed by atoms with Gasteiger partial charge in [0.05, 0.1) is 30.4 Å². The number of aromatic nitrogens is 1. The molecule has 0 radical (unpaired) electrons. The zero-order valence-corrected chi connectivity index (χ0v) is 15.7. The summed E-state index contributed by atoms with van der Waals surface area (Å²) in [5.74, 6) is -1.37. The van der Waals surface area contributed by atoms with Crippen molar-refractivity contribution in [1.82, 2.24) is 9.88 Å². The van der Waals surface area contributed by atoms with Crippen LogP contribution < -0.4 is 0 Å². The maximum Gasteiger partial charge on any atom is 0.416 e. The normalized spacial score (nSPS) is 16.0. The molecule has 1 aliphatic heterocycles. The van der Waals surface area contributed by atoms with E-state index in [0.29, 0.717) is 11.3 Å². The van der Waals surface area contributed by atoms with E-state index in [1.165, 1.54) is 23.1 Å². The maximum atomic E-state index is 13.3. The monoisotopic (exact) mass is 402 g/mol. The quantitative estimate of drug-likeness (QED) is 0.574. The van der Waals surface area contributed by atoms with Gasteiger partial charge in [-0.3, -0.25) is 9.78 Å². The lowest BCUT2D eigenvalue weighted by Crippen LogP contribution is -2.24. The highest BCUT2D eigenvalue weighted by atomic mass is 19.4. The molecule has 2 heterocycles. The Kier molecular flexibility index (Phi) is 5.54. The number of carbonyl (C=O) groups is 2. The van der Waals surface area contributed by atoms with E-state index < -0.39 is 23.6 Å². The number of carbonyl (C=O) groups excluding carboxylic acids is 2. The molecule has 0 bridgehead atoms. The second kappa shape index (κ2) is 7.90. The summed E-state index contributed by atoms with van der Waals surface area (Å²) in [6.45, 7) is 1.67. The van der Waals surface area contributed by atoms with Crippen LogP contribution in [-0.4, -0.2) is 28.9 Å². The van der Waals surface area contributed by atoms with Gasteiger partial charge in [0.25, 0.3) is 5.91 Å². The van der Waals surface area contributed by atoms with Crippen LogP contribution in [0.3, 0.4) is 0 Å². The lowest BCUT2D eigenvalue weighted by atomic mass is 10.00. The molecule has 0 saturated carbocycles. The van der Waals surface area contributed by atoms with Crippen LogP contribution in [0, 0.1) is 0 Å². The number of hydrogen-bond acceptors (Lipinski definition) is 4. The molecule has 0 atom stereocenters.